The van der Waals surface area contributed by atoms with E-state index in [4.69, 9.17) is 0 Å². The third kappa shape index (κ3) is 5.14. The van der Waals surface area contributed by atoms with Crippen LogP contribution in [0.5, 0.6) is 0 Å². The van der Waals surface area contributed by atoms with Crippen molar-refractivity contribution in [3.05, 3.63) is 0 Å². The first kappa shape index (κ1) is 14.9. The van der Waals surface area contributed by atoms with Crippen LogP contribution in [0.1, 0.15) is 46.5 Å². The Morgan fingerprint density at radius 2 is 1.69 bits per heavy atom. The molecule has 1 amide bonds. The Balaban J connectivity index is 4.20. The van der Waals surface area contributed by atoms with Crippen LogP contribution in [0.3, 0.4) is 0 Å². The summed E-state index contributed by atoms with van der Waals surface area (Å²) < 4.78 is 4.59. The van der Waals surface area contributed by atoms with E-state index in [1.807, 2.05) is 20.8 Å². The van der Waals surface area contributed by atoms with Crippen molar-refractivity contribution in [3.63, 3.8) is 0 Å². The van der Waals surface area contributed by atoms with E-state index in [1.165, 1.54) is 7.11 Å². The summed E-state index contributed by atoms with van der Waals surface area (Å²) in [5, 5.41) is 2.89. The summed E-state index contributed by atoms with van der Waals surface area (Å²) >= 11 is 0. The maximum atomic E-state index is 11.8. The molecule has 0 aromatic rings. The molecule has 0 aliphatic heterocycles. The molecule has 0 fully saturated rings. The number of esters is 1. The third-order valence-corrected chi connectivity index (χ3v) is 2.84. The molecule has 1 atom stereocenters. The summed E-state index contributed by atoms with van der Waals surface area (Å²) in [6, 6.07) is -0.111. The van der Waals surface area contributed by atoms with Crippen LogP contribution in [-0.4, -0.2) is 25.0 Å². The third-order valence-electron chi connectivity index (χ3n) is 2.84. The van der Waals surface area contributed by atoms with E-state index in [1.54, 1.807) is 0 Å². The molecule has 0 saturated heterocycles. The summed E-state index contributed by atoms with van der Waals surface area (Å²) in [7, 11) is 1.36. The number of methoxy groups -OCH3 is 1. The molecule has 0 rings (SSSR count). The molecule has 0 aromatic heterocycles. The van der Waals surface area contributed by atoms with Crippen molar-refractivity contribution in [3.8, 4) is 0 Å². The molecule has 0 aliphatic rings. The average Bonchev–Trinajstić information content (AvgIpc) is 2.29. The predicted octanol–water partition coefficient (Wildman–Crippen LogP) is 1.88. The van der Waals surface area contributed by atoms with Gasteiger partial charge in [0.05, 0.1) is 13.5 Å². The van der Waals surface area contributed by atoms with E-state index < -0.39 is 0 Å². The Kier molecular flexibility index (Phi) is 7.60. The van der Waals surface area contributed by atoms with Gasteiger partial charge in [-0.25, -0.2) is 0 Å². The van der Waals surface area contributed by atoms with Gasteiger partial charge in [0.2, 0.25) is 5.91 Å². The highest BCUT2D eigenvalue weighted by Crippen LogP contribution is 2.09. The minimum absolute atomic E-state index is 0.0424. The van der Waals surface area contributed by atoms with Crippen LogP contribution in [-0.2, 0) is 14.3 Å². The average molecular weight is 229 g/mol. The first-order chi connectivity index (χ1) is 7.58. The summed E-state index contributed by atoms with van der Waals surface area (Å²) in [6.07, 6.45) is 2.65. The lowest BCUT2D eigenvalue weighted by molar-refractivity contribution is -0.141. The Morgan fingerprint density at radius 3 is 2.06 bits per heavy atom. The van der Waals surface area contributed by atoms with Crippen LogP contribution >= 0.6 is 0 Å². The minimum atomic E-state index is -0.281. The number of carbonyl (C=O) groups is 2. The van der Waals surface area contributed by atoms with Crippen molar-refractivity contribution in [2.24, 2.45) is 5.92 Å². The zero-order chi connectivity index (χ0) is 12.6. The van der Waals surface area contributed by atoms with Gasteiger partial charge in [0.1, 0.15) is 0 Å². The lowest BCUT2D eigenvalue weighted by Gasteiger charge is -2.19. The summed E-state index contributed by atoms with van der Waals surface area (Å²) in [6.45, 7) is 5.94. The van der Waals surface area contributed by atoms with Gasteiger partial charge in [0.15, 0.2) is 0 Å². The molecule has 0 radical (unpaired) electrons. The fourth-order valence-electron chi connectivity index (χ4n) is 1.56. The fourth-order valence-corrected chi connectivity index (χ4v) is 1.56. The van der Waals surface area contributed by atoms with Gasteiger partial charge < -0.3 is 10.1 Å². The van der Waals surface area contributed by atoms with Crippen molar-refractivity contribution >= 4 is 11.9 Å². The maximum Gasteiger partial charge on any atom is 0.307 e. The Morgan fingerprint density at radius 1 is 1.12 bits per heavy atom. The van der Waals surface area contributed by atoms with Crippen molar-refractivity contribution < 1.29 is 14.3 Å². The van der Waals surface area contributed by atoms with Crippen LogP contribution in [0.2, 0.25) is 0 Å². The summed E-state index contributed by atoms with van der Waals surface area (Å²) in [5.74, 6) is -0.191. The monoisotopic (exact) mass is 229 g/mol. The van der Waals surface area contributed by atoms with Gasteiger partial charge in [-0.3, -0.25) is 9.59 Å². The molecule has 4 nitrogen and oxygen atoms in total. The first-order valence-corrected chi connectivity index (χ1v) is 5.96. The molecule has 0 heterocycles. The number of hydrogen-bond acceptors (Lipinski definition) is 3. The van der Waals surface area contributed by atoms with Gasteiger partial charge in [0, 0.05) is 12.0 Å². The van der Waals surface area contributed by atoms with Crippen LogP contribution < -0.4 is 5.32 Å². The molecule has 0 bridgehead atoms. The van der Waals surface area contributed by atoms with Crippen LogP contribution in [0.15, 0.2) is 0 Å². The Bertz CT molecular complexity index is 224. The molecule has 94 valence electrons. The number of hydrogen-bond donors (Lipinski definition) is 1. The van der Waals surface area contributed by atoms with Crippen LogP contribution in [0, 0.1) is 5.92 Å². The fraction of sp³-hybridized carbons (Fsp3) is 0.833. The second-order valence-electron chi connectivity index (χ2n) is 3.91. The topological polar surface area (TPSA) is 55.4 Å². The van der Waals surface area contributed by atoms with E-state index in [0.717, 1.165) is 19.3 Å². The van der Waals surface area contributed by atoms with Gasteiger partial charge in [-0.1, -0.05) is 20.8 Å². The normalized spacial score (nSPS) is 12.3. The van der Waals surface area contributed by atoms with Gasteiger partial charge in [0.25, 0.3) is 0 Å². The SMILES string of the molecule is CCC(CC(=O)OC)NC(=O)C(CC)CC. The standard InChI is InChI=1S/C12H23NO3/c1-5-9(6-2)12(15)13-10(7-3)8-11(14)16-4/h9-10H,5-8H2,1-4H3,(H,13,15). The van der Waals surface area contributed by atoms with Gasteiger partial charge in [-0.15, -0.1) is 0 Å². The number of nitrogens with one attached hydrogen (secondary N) is 1. The molecule has 0 saturated carbocycles. The van der Waals surface area contributed by atoms with Gasteiger partial charge in [-0.2, -0.15) is 0 Å². The highest BCUT2D eigenvalue weighted by Gasteiger charge is 2.19. The minimum Gasteiger partial charge on any atom is -0.469 e. The zero-order valence-corrected chi connectivity index (χ0v) is 10.7. The number of carbonyl (C=O) groups excluding carboxylic acids is 2. The number of rotatable bonds is 7. The molecule has 0 spiro atoms. The summed E-state index contributed by atoms with van der Waals surface area (Å²) in [4.78, 5) is 22.9. The van der Waals surface area contributed by atoms with Crippen LogP contribution in [0.4, 0.5) is 0 Å². The quantitative estimate of drug-likeness (QED) is 0.678. The molecule has 0 aromatic carbocycles. The second kappa shape index (κ2) is 8.13. The molecular weight excluding hydrogens is 206 g/mol. The summed E-state index contributed by atoms with van der Waals surface area (Å²) in [5.41, 5.74) is 0. The van der Waals surface area contributed by atoms with Crippen molar-refractivity contribution in [1.82, 2.24) is 5.32 Å². The molecule has 1 N–H and O–H groups in total. The molecular formula is C12H23NO3. The molecule has 1 unspecified atom stereocenters. The van der Waals surface area contributed by atoms with Crippen LogP contribution in [0.25, 0.3) is 0 Å². The van der Waals surface area contributed by atoms with Gasteiger partial charge >= 0.3 is 5.97 Å². The number of amides is 1. The Hall–Kier alpha value is -1.06. The van der Waals surface area contributed by atoms with E-state index >= 15 is 0 Å². The Labute approximate surface area is 97.7 Å². The van der Waals surface area contributed by atoms with E-state index in [9.17, 15) is 9.59 Å². The van der Waals surface area contributed by atoms with Crippen molar-refractivity contribution in [2.45, 2.75) is 52.5 Å². The highest BCUT2D eigenvalue weighted by atomic mass is 16.5. The molecule has 16 heavy (non-hydrogen) atoms. The zero-order valence-electron chi connectivity index (χ0n) is 10.7. The van der Waals surface area contributed by atoms with E-state index in [2.05, 4.69) is 10.1 Å². The predicted molar refractivity (Wildman–Crippen MR) is 62.9 cm³/mol. The van der Waals surface area contributed by atoms with E-state index in [-0.39, 0.29) is 30.3 Å². The first-order valence-electron chi connectivity index (χ1n) is 5.96. The van der Waals surface area contributed by atoms with E-state index in [0.29, 0.717) is 0 Å². The largest absolute Gasteiger partial charge is 0.469 e. The van der Waals surface area contributed by atoms with Gasteiger partial charge in [-0.05, 0) is 19.3 Å². The number of ether oxygens (including phenoxy) is 1. The highest BCUT2D eigenvalue weighted by molar-refractivity contribution is 5.79. The van der Waals surface area contributed by atoms with Crippen molar-refractivity contribution in [2.75, 3.05) is 7.11 Å². The second-order valence-corrected chi connectivity index (χ2v) is 3.91. The maximum absolute atomic E-state index is 11.8. The lowest BCUT2D eigenvalue weighted by Crippen LogP contribution is -2.39. The smallest absolute Gasteiger partial charge is 0.307 e. The van der Waals surface area contributed by atoms with Crippen molar-refractivity contribution in [1.29, 1.82) is 0 Å². The lowest BCUT2D eigenvalue weighted by atomic mass is 10.0. The molecule has 4 heteroatoms. The molecule has 0 aliphatic carbocycles.